The predicted octanol–water partition coefficient (Wildman–Crippen LogP) is 1.67. The van der Waals surface area contributed by atoms with E-state index in [1.165, 1.54) is 0 Å². The van der Waals surface area contributed by atoms with Crippen molar-refractivity contribution in [2.45, 2.75) is 51.7 Å². The Morgan fingerprint density at radius 3 is 2.80 bits per heavy atom. The average Bonchev–Trinajstić information content (AvgIpc) is 3.08. The highest BCUT2D eigenvalue weighted by Crippen LogP contribution is 2.25. The molecule has 25 heavy (non-hydrogen) atoms. The number of hydrogen-bond donors (Lipinski definition) is 1. The summed E-state index contributed by atoms with van der Waals surface area (Å²) in [6.45, 7) is 5.54. The summed E-state index contributed by atoms with van der Waals surface area (Å²) in [5.74, 6) is 0.481. The summed E-state index contributed by atoms with van der Waals surface area (Å²) >= 11 is 0. The predicted molar refractivity (Wildman–Crippen MR) is 97.7 cm³/mol. The minimum absolute atomic E-state index is 0.00307. The number of carbonyl (C=O) groups excluding carboxylic acids is 2. The van der Waals surface area contributed by atoms with Crippen LogP contribution in [0.2, 0.25) is 0 Å². The van der Waals surface area contributed by atoms with Gasteiger partial charge in [-0.25, -0.2) is 0 Å². The number of pyridine rings is 1. The van der Waals surface area contributed by atoms with Crippen molar-refractivity contribution in [2.75, 3.05) is 20.6 Å². The number of amides is 2. The minimum Gasteiger partial charge on any atom is -0.358 e. The Morgan fingerprint density at radius 2 is 2.20 bits per heavy atom. The van der Waals surface area contributed by atoms with Gasteiger partial charge < -0.3 is 10.2 Å². The van der Waals surface area contributed by atoms with E-state index in [-0.39, 0.29) is 23.9 Å². The van der Waals surface area contributed by atoms with Gasteiger partial charge in [-0.15, -0.1) is 0 Å². The number of nitrogens with one attached hydrogen (secondary N) is 1. The van der Waals surface area contributed by atoms with Crippen molar-refractivity contribution in [1.29, 1.82) is 0 Å². The number of rotatable bonds is 7. The molecule has 1 fully saturated rings. The van der Waals surface area contributed by atoms with Crippen LogP contribution in [0.5, 0.6) is 0 Å². The molecular weight excluding hydrogens is 316 g/mol. The van der Waals surface area contributed by atoms with Gasteiger partial charge in [0.25, 0.3) is 0 Å². The van der Waals surface area contributed by atoms with Gasteiger partial charge in [0.2, 0.25) is 11.8 Å². The molecule has 1 aromatic rings. The summed E-state index contributed by atoms with van der Waals surface area (Å²) in [7, 11) is 3.49. The molecule has 2 amide bonds. The van der Waals surface area contributed by atoms with Gasteiger partial charge in [-0.2, -0.15) is 0 Å². The molecule has 0 aliphatic carbocycles. The lowest BCUT2D eigenvalue weighted by molar-refractivity contribution is -0.138. The molecule has 1 aliphatic rings. The fraction of sp³-hybridized carbons (Fsp3) is 0.632. The highest BCUT2D eigenvalue weighted by molar-refractivity contribution is 5.85. The van der Waals surface area contributed by atoms with Crippen LogP contribution in [0.1, 0.15) is 38.7 Å². The first kappa shape index (κ1) is 19.4. The molecule has 0 radical (unpaired) electrons. The first-order valence-electron chi connectivity index (χ1n) is 9.05. The van der Waals surface area contributed by atoms with Gasteiger partial charge in [0.1, 0.15) is 0 Å². The normalized spacial score (nSPS) is 19.0. The average molecular weight is 346 g/mol. The van der Waals surface area contributed by atoms with E-state index >= 15 is 0 Å². The van der Waals surface area contributed by atoms with Crippen LogP contribution in [0.3, 0.4) is 0 Å². The molecule has 1 aliphatic heterocycles. The van der Waals surface area contributed by atoms with Gasteiger partial charge in [-0.05, 0) is 43.4 Å². The Hall–Kier alpha value is -1.95. The first-order chi connectivity index (χ1) is 11.9. The third-order valence-electron chi connectivity index (χ3n) is 4.74. The number of likely N-dealkylation sites (tertiary alicyclic amines) is 1. The molecule has 6 nitrogen and oxygen atoms in total. The highest BCUT2D eigenvalue weighted by atomic mass is 16.2. The molecular formula is C19H30N4O2. The lowest BCUT2D eigenvalue weighted by Crippen LogP contribution is -2.53. The second kappa shape index (κ2) is 8.94. The van der Waals surface area contributed by atoms with Crippen molar-refractivity contribution >= 4 is 11.8 Å². The van der Waals surface area contributed by atoms with Crippen molar-refractivity contribution < 1.29 is 9.59 Å². The zero-order chi connectivity index (χ0) is 18.4. The molecule has 0 spiro atoms. The fourth-order valence-electron chi connectivity index (χ4n) is 3.53. The van der Waals surface area contributed by atoms with Crippen LogP contribution in [0.15, 0.2) is 24.5 Å². The van der Waals surface area contributed by atoms with Crippen molar-refractivity contribution in [3.8, 4) is 0 Å². The van der Waals surface area contributed by atoms with Crippen LogP contribution < -0.4 is 5.32 Å². The van der Waals surface area contributed by atoms with Gasteiger partial charge >= 0.3 is 0 Å². The number of carbonyl (C=O) groups is 2. The standard InChI is InChI=1S/C19H30N4O2/c1-14(2)11-17(18(24)20-3)23-10-6-8-16(23)19(25)22(4)13-15-7-5-9-21-12-15/h5,7,9,12,14,16-17H,6,8,10-11,13H2,1-4H3,(H,20,24)/t16-,17+/m0/s1. The Bertz CT molecular complexity index is 576. The molecule has 1 aromatic heterocycles. The van der Waals surface area contributed by atoms with Crippen LogP contribution in [-0.2, 0) is 16.1 Å². The zero-order valence-corrected chi connectivity index (χ0v) is 15.7. The van der Waals surface area contributed by atoms with Crippen molar-refractivity contribution in [3.63, 3.8) is 0 Å². The minimum atomic E-state index is -0.242. The van der Waals surface area contributed by atoms with Crippen molar-refractivity contribution in [2.24, 2.45) is 5.92 Å². The quantitative estimate of drug-likeness (QED) is 0.815. The molecule has 2 atom stereocenters. The molecule has 0 saturated carbocycles. The van der Waals surface area contributed by atoms with Crippen molar-refractivity contribution in [3.05, 3.63) is 30.1 Å². The van der Waals surface area contributed by atoms with E-state index < -0.39 is 0 Å². The third kappa shape index (κ3) is 5.01. The highest BCUT2D eigenvalue weighted by Gasteiger charge is 2.39. The maximum absolute atomic E-state index is 13.0. The van der Waals surface area contributed by atoms with Crippen LogP contribution in [-0.4, -0.2) is 59.3 Å². The maximum atomic E-state index is 13.0. The monoisotopic (exact) mass is 346 g/mol. The summed E-state index contributed by atoms with van der Waals surface area (Å²) in [5, 5.41) is 2.76. The second-order valence-electron chi connectivity index (χ2n) is 7.21. The van der Waals surface area contributed by atoms with Crippen LogP contribution in [0.25, 0.3) is 0 Å². The molecule has 0 bridgehead atoms. The Morgan fingerprint density at radius 1 is 1.44 bits per heavy atom. The van der Waals surface area contributed by atoms with Gasteiger partial charge in [-0.3, -0.25) is 19.5 Å². The molecule has 1 N–H and O–H groups in total. The summed E-state index contributed by atoms with van der Waals surface area (Å²) in [6.07, 6.45) is 6.02. The molecule has 1 saturated heterocycles. The van der Waals surface area contributed by atoms with E-state index in [1.807, 2.05) is 19.2 Å². The topological polar surface area (TPSA) is 65.5 Å². The van der Waals surface area contributed by atoms with Crippen LogP contribution in [0.4, 0.5) is 0 Å². The lowest BCUT2D eigenvalue weighted by Gasteiger charge is -2.34. The van der Waals surface area contributed by atoms with E-state index in [1.54, 1.807) is 24.3 Å². The fourth-order valence-corrected chi connectivity index (χ4v) is 3.53. The van der Waals surface area contributed by atoms with Gasteiger partial charge in [0, 0.05) is 33.0 Å². The maximum Gasteiger partial charge on any atom is 0.239 e. The zero-order valence-electron chi connectivity index (χ0n) is 15.7. The van der Waals surface area contributed by atoms with E-state index in [0.717, 1.165) is 31.4 Å². The second-order valence-corrected chi connectivity index (χ2v) is 7.21. The number of hydrogen-bond acceptors (Lipinski definition) is 4. The summed E-state index contributed by atoms with van der Waals surface area (Å²) < 4.78 is 0. The first-order valence-corrected chi connectivity index (χ1v) is 9.05. The molecule has 2 rings (SSSR count). The SMILES string of the molecule is CNC(=O)[C@@H](CC(C)C)N1CCC[C@H]1C(=O)N(C)Cc1cccnc1. The van der Waals surface area contributed by atoms with Gasteiger partial charge in [0.15, 0.2) is 0 Å². The van der Waals surface area contributed by atoms with Crippen LogP contribution >= 0.6 is 0 Å². The number of aromatic nitrogens is 1. The lowest BCUT2D eigenvalue weighted by atomic mass is 10.0. The number of likely N-dealkylation sites (N-methyl/N-ethyl adjacent to an activating group) is 2. The van der Waals surface area contributed by atoms with E-state index in [0.29, 0.717) is 12.5 Å². The van der Waals surface area contributed by atoms with Gasteiger partial charge in [-0.1, -0.05) is 19.9 Å². The Labute approximate surface area is 150 Å². The third-order valence-corrected chi connectivity index (χ3v) is 4.74. The largest absolute Gasteiger partial charge is 0.358 e. The summed E-state index contributed by atoms with van der Waals surface area (Å²) in [5.41, 5.74) is 1.01. The molecule has 0 unspecified atom stereocenters. The van der Waals surface area contributed by atoms with E-state index in [4.69, 9.17) is 0 Å². The molecule has 0 aromatic carbocycles. The molecule has 2 heterocycles. The molecule has 6 heteroatoms. The Kier molecular flexibility index (Phi) is 6.93. The molecule has 138 valence electrons. The smallest absolute Gasteiger partial charge is 0.239 e. The van der Waals surface area contributed by atoms with Gasteiger partial charge in [0.05, 0.1) is 12.1 Å². The summed E-state index contributed by atoms with van der Waals surface area (Å²) in [4.78, 5) is 33.3. The van der Waals surface area contributed by atoms with E-state index in [9.17, 15) is 9.59 Å². The van der Waals surface area contributed by atoms with Crippen molar-refractivity contribution in [1.82, 2.24) is 20.1 Å². The summed E-state index contributed by atoms with van der Waals surface area (Å²) in [6, 6.07) is 3.38. The van der Waals surface area contributed by atoms with E-state index in [2.05, 4.69) is 29.0 Å². The Balaban J connectivity index is 2.10. The number of nitrogens with zero attached hydrogens (tertiary/aromatic N) is 3. The van der Waals surface area contributed by atoms with Crippen LogP contribution in [0, 0.1) is 5.92 Å².